The largest absolute Gasteiger partial charge is 0.507 e. The van der Waals surface area contributed by atoms with E-state index in [4.69, 9.17) is 4.99 Å². The number of phenolic OH excluding ortho intramolecular Hbond substituents is 1. The van der Waals surface area contributed by atoms with E-state index >= 15 is 0 Å². The second-order valence-corrected chi connectivity index (χ2v) is 12.1. The third-order valence-corrected chi connectivity index (χ3v) is 8.75. The molecule has 206 valence electrons. The molecular formula is C32H59N3O+2. The van der Waals surface area contributed by atoms with E-state index in [9.17, 15) is 5.11 Å². The van der Waals surface area contributed by atoms with Crippen molar-refractivity contribution in [3.63, 3.8) is 0 Å². The van der Waals surface area contributed by atoms with Crippen LogP contribution in [0, 0.1) is 0 Å². The standard InChI is InChI=1S/C32H58N3O/c1-7-11-13-15-17-19-23-34(5,9-3)26-28-21-22-31-30(32(28)36)25-29(33-31)27-35(6,10-4)24-20-18-16-14-12-8-2/h21-22H,7-20,23-27H2,1-6H3/q+1/p+1. The molecule has 1 heterocycles. The van der Waals surface area contributed by atoms with E-state index in [0.717, 1.165) is 58.4 Å². The molecule has 0 radical (unpaired) electrons. The van der Waals surface area contributed by atoms with Crippen LogP contribution in [-0.4, -0.2) is 66.6 Å². The zero-order valence-corrected chi connectivity index (χ0v) is 24.9. The lowest BCUT2D eigenvalue weighted by atomic mass is 10.0. The van der Waals surface area contributed by atoms with Crippen LogP contribution in [0.1, 0.15) is 116 Å². The van der Waals surface area contributed by atoms with Crippen LogP contribution in [0.5, 0.6) is 5.75 Å². The minimum atomic E-state index is 0.508. The average Bonchev–Trinajstić information content (AvgIpc) is 3.28. The van der Waals surface area contributed by atoms with Crippen molar-refractivity contribution >= 4 is 11.4 Å². The Morgan fingerprint density at radius 1 is 0.694 bits per heavy atom. The van der Waals surface area contributed by atoms with E-state index in [1.807, 2.05) is 0 Å². The fraction of sp³-hybridized carbons (Fsp3) is 0.781. The molecule has 1 aromatic carbocycles. The number of hydrogen-bond acceptors (Lipinski definition) is 2. The highest BCUT2D eigenvalue weighted by Gasteiger charge is 2.29. The van der Waals surface area contributed by atoms with Gasteiger partial charge in [-0.05, 0) is 51.7 Å². The third-order valence-electron chi connectivity index (χ3n) is 8.75. The van der Waals surface area contributed by atoms with Crippen LogP contribution >= 0.6 is 0 Å². The highest BCUT2D eigenvalue weighted by atomic mass is 16.3. The van der Waals surface area contributed by atoms with Gasteiger partial charge in [0, 0.05) is 17.5 Å². The first kappa shape index (κ1) is 30.8. The second kappa shape index (κ2) is 15.8. The fourth-order valence-corrected chi connectivity index (χ4v) is 5.68. The molecule has 36 heavy (non-hydrogen) atoms. The summed E-state index contributed by atoms with van der Waals surface area (Å²) in [7, 11) is 4.74. The Hall–Kier alpha value is -1.39. The summed E-state index contributed by atoms with van der Waals surface area (Å²) in [5.41, 5.74) is 4.40. The lowest BCUT2D eigenvalue weighted by Crippen LogP contribution is -2.48. The summed E-state index contributed by atoms with van der Waals surface area (Å²) in [5, 5.41) is 11.3. The summed E-state index contributed by atoms with van der Waals surface area (Å²) in [6, 6.07) is 4.30. The van der Waals surface area contributed by atoms with Crippen LogP contribution in [0.25, 0.3) is 0 Å². The lowest BCUT2D eigenvalue weighted by Gasteiger charge is -2.34. The number of benzene rings is 1. The summed E-state index contributed by atoms with van der Waals surface area (Å²) in [5.74, 6) is 0.508. The van der Waals surface area contributed by atoms with Gasteiger partial charge in [0.15, 0.2) is 0 Å². The van der Waals surface area contributed by atoms with Gasteiger partial charge >= 0.3 is 0 Å². The number of aromatic hydroxyl groups is 1. The van der Waals surface area contributed by atoms with E-state index in [0.29, 0.717) is 5.75 Å². The maximum atomic E-state index is 11.3. The smallest absolute Gasteiger partial charge is 0.130 e. The van der Waals surface area contributed by atoms with Crippen LogP contribution in [0.3, 0.4) is 0 Å². The van der Waals surface area contributed by atoms with Gasteiger partial charge in [0.1, 0.15) is 18.8 Å². The van der Waals surface area contributed by atoms with Gasteiger partial charge < -0.3 is 14.1 Å². The number of rotatable bonds is 20. The Kier molecular flexibility index (Phi) is 13.5. The molecule has 0 fully saturated rings. The van der Waals surface area contributed by atoms with Crippen molar-refractivity contribution in [2.24, 2.45) is 4.99 Å². The number of phenols is 1. The van der Waals surface area contributed by atoms with E-state index < -0.39 is 0 Å². The number of nitrogens with zero attached hydrogens (tertiary/aromatic N) is 3. The molecule has 4 nitrogen and oxygen atoms in total. The Balaban J connectivity index is 1.93. The van der Waals surface area contributed by atoms with Crippen molar-refractivity contribution in [3.8, 4) is 5.75 Å². The molecule has 1 aromatic rings. The van der Waals surface area contributed by atoms with Gasteiger partial charge in [0.25, 0.3) is 0 Å². The van der Waals surface area contributed by atoms with Crippen LogP contribution < -0.4 is 0 Å². The lowest BCUT2D eigenvalue weighted by molar-refractivity contribution is -0.921. The molecule has 0 bridgehead atoms. The van der Waals surface area contributed by atoms with Gasteiger partial charge in [0.05, 0.1) is 51.7 Å². The van der Waals surface area contributed by atoms with Gasteiger partial charge in [-0.25, -0.2) is 0 Å². The summed E-state index contributed by atoms with van der Waals surface area (Å²) >= 11 is 0. The number of unbranched alkanes of at least 4 members (excludes halogenated alkanes) is 10. The maximum absolute atomic E-state index is 11.3. The number of quaternary nitrogens is 2. The molecule has 0 spiro atoms. The molecule has 1 aliphatic rings. The second-order valence-electron chi connectivity index (χ2n) is 12.1. The molecule has 0 aromatic heterocycles. The Labute approximate surface area is 224 Å². The topological polar surface area (TPSA) is 32.6 Å². The zero-order valence-electron chi connectivity index (χ0n) is 24.9. The van der Waals surface area contributed by atoms with E-state index in [1.165, 1.54) is 95.9 Å². The van der Waals surface area contributed by atoms with Crippen LogP contribution in [0.4, 0.5) is 5.69 Å². The first-order chi connectivity index (χ1) is 17.3. The predicted octanol–water partition coefficient (Wildman–Crippen LogP) is 8.17. The van der Waals surface area contributed by atoms with Crippen molar-refractivity contribution in [3.05, 3.63) is 23.3 Å². The molecule has 2 atom stereocenters. The normalized spacial score (nSPS) is 16.4. The molecule has 0 saturated heterocycles. The third kappa shape index (κ3) is 9.82. The maximum Gasteiger partial charge on any atom is 0.130 e. The fourth-order valence-electron chi connectivity index (χ4n) is 5.68. The zero-order chi connectivity index (χ0) is 26.4. The molecule has 4 heteroatoms. The van der Waals surface area contributed by atoms with E-state index in [2.05, 4.69) is 53.9 Å². The van der Waals surface area contributed by atoms with Crippen molar-refractivity contribution in [1.82, 2.24) is 0 Å². The summed E-state index contributed by atoms with van der Waals surface area (Å²) in [4.78, 5) is 4.99. The number of fused-ring (bicyclic) bond motifs is 1. The average molecular weight is 502 g/mol. The van der Waals surface area contributed by atoms with Crippen molar-refractivity contribution < 1.29 is 14.1 Å². The van der Waals surface area contributed by atoms with Gasteiger partial charge in [-0.15, -0.1) is 0 Å². The molecule has 0 aliphatic carbocycles. The predicted molar refractivity (Wildman–Crippen MR) is 157 cm³/mol. The monoisotopic (exact) mass is 501 g/mol. The molecule has 2 rings (SSSR count). The summed E-state index contributed by atoms with van der Waals surface area (Å²) in [6.45, 7) is 15.7. The quantitative estimate of drug-likeness (QED) is 0.142. The minimum Gasteiger partial charge on any atom is -0.507 e. The molecule has 2 unspecified atom stereocenters. The molecule has 1 N–H and O–H groups in total. The first-order valence-corrected chi connectivity index (χ1v) is 15.4. The molecule has 0 amide bonds. The Morgan fingerprint density at radius 3 is 1.72 bits per heavy atom. The highest BCUT2D eigenvalue weighted by molar-refractivity contribution is 5.96. The molecule has 0 saturated carbocycles. The highest BCUT2D eigenvalue weighted by Crippen LogP contribution is 2.38. The number of aliphatic imine (C=N–C) groups is 1. The number of hydrogen-bond donors (Lipinski definition) is 1. The van der Waals surface area contributed by atoms with Crippen molar-refractivity contribution in [1.29, 1.82) is 0 Å². The van der Waals surface area contributed by atoms with Crippen molar-refractivity contribution in [2.75, 3.05) is 46.8 Å². The Morgan fingerprint density at radius 2 is 1.19 bits per heavy atom. The SMILES string of the molecule is CCCCCCCC[N+](C)(CC)CC1=Nc2ccc(C[N+](C)(CC)CCCCCCCC)c(O)c2C1. The molecular weight excluding hydrogens is 442 g/mol. The molecule has 1 aliphatic heterocycles. The van der Waals surface area contributed by atoms with Gasteiger partial charge in [0.2, 0.25) is 0 Å². The van der Waals surface area contributed by atoms with Crippen molar-refractivity contribution in [2.45, 2.75) is 118 Å². The first-order valence-electron chi connectivity index (χ1n) is 15.4. The van der Waals surface area contributed by atoms with Crippen LogP contribution in [0.15, 0.2) is 17.1 Å². The van der Waals surface area contributed by atoms with E-state index in [-0.39, 0.29) is 0 Å². The van der Waals surface area contributed by atoms with Gasteiger partial charge in [-0.3, -0.25) is 4.99 Å². The van der Waals surface area contributed by atoms with Gasteiger partial charge in [-0.2, -0.15) is 0 Å². The van der Waals surface area contributed by atoms with Gasteiger partial charge in [-0.1, -0.05) is 65.2 Å². The van der Waals surface area contributed by atoms with E-state index in [1.54, 1.807) is 0 Å². The minimum absolute atomic E-state index is 0.508. The van der Waals surface area contributed by atoms with Crippen LogP contribution in [0.2, 0.25) is 0 Å². The van der Waals surface area contributed by atoms with Crippen LogP contribution in [-0.2, 0) is 13.0 Å². The Bertz CT molecular complexity index is 805. The summed E-state index contributed by atoms with van der Waals surface area (Å²) in [6.07, 6.45) is 16.9. The summed E-state index contributed by atoms with van der Waals surface area (Å²) < 4.78 is 2.05.